The molecule has 0 atom stereocenters. The minimum absolute atomic E-state index is 0.0268. The van der Waals surface area contributed by atoms with Gasteiger partial charge in [0.15, 0.2) is 11.5 Å². The van der Waals surface area contributed by atoms with Gasteiger partial charge in [0.25, 0.3) is 0 Å². The van der Waals surface area contributed by atoms with E-state index in [1.54, 1.807) is 14.2 Å². The third-order valence-corrected chi connectivity index (χ3v) is 5.56. The van der Waals surface area contributed by atoms with Gasteiger partial charge in [-0.25, -0.2) is 0 Å². The number of piperidine rings is 1. The van der Waals surface area contributed by atoms with Crippen molar-refractivity contribution in [1.82, 2.24) is 15.1 Å². The Labute approximate surface area is 174 Å². The van der Waals surface area contributed by atoms with Crippen LogP contribution in [0.1, 0.15) is 32.3 Å². The maximum Gasteiger partial charge on any atom is 0.234 e. The molecule has 1 aliphatic heterocycles. The number of hydrogen-bond acceptors (Lipinski definition) is 5. The van der Waals surface area contributed by atoms with E-state index in [4.69, 9.17) is 9.47 Å². The SMILES string of the molecule is CCN(CC)C(=O)C1CCN(CC(=O)NCCc2ccc(OC)c(OC)c2)CC1. The third kappa shape index (κ3) is 6.63. The summed E-state index contributed by atoms with van der Waals surface area (Å²) in [6.45, 7) is 8.10. The van der Waals surface area contributed by atoms with Crippen LogP contribution in [-0.4, -0.2) is 75.1 Å². The van der Waals surface area contributed by atoms with E-state index in [1.165, 1.54) is 0 Å². The maximum absolute atomic E-state index is 12.5. The first kappa shape index (κ1) is 23.0. The molecule has 2 rings (SSSR count). The van der Waals surface area contributed by atoms with E-state index in [1.807, 2.05) is 36.9 Å². The average Bonchev–Trinajstić information content (AvgIpc) is 2.74. The maximum atomic E-state index is 12.5. The fourth-order valence-electron chi connectivity index (χ4n) is 3.77. The quantitative estimate of drug-likeness (QED) is 0.644. The Morgan fingerprint density at radius 2 is 1.76 bits per heavy atom. The van der Waals surface area contributed by atoms with E-state index in [2.05, 4.69) is 10.2 Å². The minimum Gasteiger partial charge on any atom is -0.493 e. The van der Waals surface area contributed by atoms with Crippen molar-refractivity contribution in [2.75, 3.05) is 53.5 Å². The van der Waals surface area contributed by atoms with E-state index in [-0.39, 0.29) is 17.7 Å². The van der Waals surface area contributed by atoms with Crippen molar-refractivity contribution in [1.29, 1.82) is 0 Å². The van der Waals surface area contributed by atoms with Gasteiger partial charge in [-0.15, -0.1) is 0 Å². The van der Waals surface area contributed by atoms with E-state index in [0.717, 1.165) is 51.0 Å². The van der Waals surface area contributed by atoms with Gasteiger partial charge in [-0.05, 0) is 63.9 Å². The van der Waals surface area contributed by atoms with Crippen LogP contribution in [0.25, 0.3) is 0 Å². The predicted molar refractivity (Wildman–Crippen MR) is 113 cm³/mol. The molecule has 7 nitrogen and oxygen atoms in total. The number of benzene rings is 1. The number of carbonyl (C=O) groups is 2. The summed E-state index contributed by atoms with van der Waals surface area (Å²) in [7, 11) is 3.22. The number of carbonyl (C=O) groups excluding carboxylic acids is 2. The molecule has 1 N–H and O–H groups in total. The van der Waals surface area contributed by atoms with E-state index in [0.29, 0.717) is 24.6 Å². The van der Waals surface area contributed by atoms with Crippen LogP contribution in [0.4, 0.5) is 0 Å². The fraction of sp³-hybridized carbons (Fsp3) is 0.636. The molecule has 0 aliphatic carbocycles. The summed E-state index contributed by atoms with van der Waals surface area (Å²) in [4.78, 5) is 28.8. The average molecular weight is 406 g/mol. The summed E-state index contributed by atoms with van der Waals surface area (Å²) in [6, 6.07) is 5.79. The third-order valence-electron chi connectivity index (χ3n) is 5.56. The van der Waals surface area contributed by atoms with Gasteiger partial charge in [0.05, 0.1) is 20.8 Å². The van der Waals surface area contributed by atoms with Crippen LogP contribution in [0.15, 0.2) is 18.2 Å². The summed E-state index contributed by atoms with van der Waals surface area (Å²) in [5.74, 6) is 1.77. The molecular weight excluding hydrogens is 370 g/mol. The molecule has 0 unspecified atom stereocenters. The van der Waals surface area contributed by atoms with Crippen LogP contribution in [0, 0.1) is 5.92 Å². The van der Waals surface area contributed by atoms with Crippen LogP contribution in [0.2, 0.25) is 0 Å². The van der Waals surface area contributed by atoms with Gasteiger partial charge in [0, 0.05) is 25.6 Å². The van der Waals surface area contributed by atoms with Crippen molar-refractivity contribution < 1.29 is 19.1 Å². The smallest absolute Gasteiger partial charge is 0.234 e. The standard InChI is InChI=1S/C22H35N3O4/c1-5-25(6-2)22(27)18-10-13-24(14-11-18)16-21(26)23-12-9-17-7-8-19(28-3)20(15-17)29-4/h7-8,15,18H,5-6,9-14,16H2,1-4H3,(H,23,26). The van der Waals surface area contributed by atoms with Crippen molar-refractivity contribution in [3.63, 3.8) is 0 Å². The molecule has 1 aromatic rings. The number of ether oxygens (including phenoxy) is 2. The normalized spacial score (nSPS) is 15.0. The fourth-order valence-corrected chi connectivity index (χ4v) is 3.77. The lowest BCUT2D eigenvalue weighted by Crippen LogP contribution is -2.45. The Kier molecular flexibility index (Phi) is 9.25. The number of likely N-dealkylation sites (tertiary alicyclic amines) is 1. The highest BCUT2D eigenvalue weighted by molar-refractivity contribution is 5.79. The van der Waals surface area contributed by atoms with Gasteiger partial charge < -0.3 is 19.7 Å². The lowest BCUT2D eigenvalue weighted by Gasteiger charge is -2.33. The van der Waals surface area contributed by atoms with E-state index >= 15 is 0 Å². The lowest BCUT2D eigenvalue weighted by atomic mass is 9.95. The molecule has 2 amide bonds. The molecule has 0 radical (unpaired) electrons. The van der Waals surface area contributed by atoms with Gasteiger partial charge in [-0.3, -0.25) is 14.5 Å². The first-order valence-electron chi connectivity index (χ1n) is 10.5. The van der Waals surface area contributed by atoms with E-state index < -0.39 is 0 Å². The highest BCUT2D eigenvalue weighted by atomic mass is 16.5. The summed E-state index contributed by atoms with van der Waals surface area (Å²) < 4.78 is 10.6. The van der Waals surface area contributed by atoms with Crippen molar-refractivity contribution in [2.24, 2.45) is 5.92 Å². The van der Waals surface area contributed by atoms with E-state index in [9.17, 15) is 9.59 Å². The van der Waals surface area contributed by atoms with Gasteiger partial charge in [0.2, 0.25) is 11.8 Å². The molecule has 0 spiro atoms. The van der Waals surface area contributed by atoms with Crippen LogP contribution in [0.5, 0.6) is 11.5 Å². The number of rotatable bonds is 10. The van der Waals surface area contributed by atoms with Gasteiger partial charge in [0.1, 0.15) is 0 Å². The zero-order valence-electron chi connectivity index (χ0n) is 18.2. The van der Waals surface area contributed by atoms with Gasteiger partial charge >= 0.3 is 0 Å². The molecule has 0 bridgehead atoms. The second-order valence-corrected chi connectivity index (χ2v) is 7.35. The van der Waals surface area contributed by atoms with Crippen molar-refractivity contribution in [2.45, 2.75) is 33.1 Å². The lowest BCUT2D eigenvalue weighted by molar-refractivity contribution is -0.136. The van der Waals surface area contributed by atoms with Crippen molar-refractivity contribution >= 4 is 11.8 Å². The molecule has 1 fully saturated rings. The summed E-state index contributed by atoms with van der Waals surface area (Å²) >= 11 is 0. The highest BCUT2D eigenvalue weighted by Gasteiger charge is 2.28. The summed E-state index contributed by atoms with van der Waals surface area (Å²) in [6.07, 6.45) is 2.38. The molecule has 29 heavy (non-hydrogen) atoms. The largest absolute Gasteiger partial charge is 0.493 e. The highest BCUT2D eigenvalue weighted by Crippen LogP contribution is 2.27. The molecule has 1 heterocycles. The zero-order chi connectivity index (χ0) is 21.2. The molecule has 162 valence electrons. The molecule has 0 aromatic heterocycles. The number of methoxy groups -OCH3 is 2. The molecule has 7 heteroatoms. The Morgan fingerprint density at radius 3 is 2.34 bits per heavy atom. The molecular formula is C22H35N3O4. The van der Waals surface area contributed by atoms with Crippen molar-refractivity contribution in [3.05, 3.63) is 23.8 Å². The van der Waals surface area contributed by atoms with Crippen LogP contribution < -0.4 is 14.8 Å². The Hall–Kier alpha value is -2.28. The molecule has 1 saturated heterocycles. The van der Waals surface area contributed by atoms with Gasteiger partial charge in [-0.2, -0.15) is 0 Å². The number of hydrogen-bond donors (Lipinski definition) is 1. The summed E-state index contributed by atoms with van der Waals surface area (Å²) in [5.41, 5.74) is 1.08. The zero-order valence-corrected chi connectivity index (χ0v) is 18.2. The Balaban J connectivity index is 1.71. The predicted octanol–water partition coefficient (Wildman–Crippen LogP) is 1.94. The second-order valence-electron chi connectivity index (χ2n) is 7.35. The van der Waals surface area contributed by atoms with Gasteiger partial charge in [-0.1, -0.05) is 6.07 Å². The number of amides is 2. The Morgan fingerprint density at radius 1 is 1.10 bits per heavy atom. The first-order chi connectivity index (χ1) is 14.0. The van der Waals surface area contributed by atoms with Crippen LogP contribution in [-0.2, 0) is 16.0 Å². The summed E-state index contributed by atoms with van der Waals surface area (Å²) in [5, 5.41) is 2.99. The number of nitrogens with zero attached hydrogens (tertiary/aromatic N) is 2. The number of nitrogens with one attached hydrogen (secondary N) is 1. The van der Waals surface area contributed by atoms with Crippen LogP contribution >= 0.6 is 0 Å². The molecule has 1 aliphatic rings. The topological polar surface area (TPSA) is 71.1 Å². The molecule has 0 saturated carbocycles. The minimum atomic E-state index is 0.0268. The second kappa shape index (κ2) is 11.7. The Bertz CT molecular complexity index is 668. The van der Waals surface area contributed by atoms with Crippen LogP contribution in [0.3, 0.4) is 0 Å². The molecule has 1 aromatic carbocycles. The first-order valence-corrected chi connectivity index (χ1v) is 10.5. The monoisotopic (exact) mass is 405 g/mol. The van der Waals surface area contributed by atoms with Crippen molar-refractivity contribution in [3.8, 4) is 11.5 Å².